The van der Waals surface area contributed by atoms with Crippen LogP contribution in [0.5, 0.6) is 28.7 Å². The van der Waals surface area contributed by atoms with Gasteiger partial charge in [0.25, 0.3) is 0 Å². The smallest absolute Gasteiger partial charge is 0.203 e. The topological polar surface area (TPSA) is 79.2 Å². The highest BCUT2D eigenvalue weighted by molar-refractivity contribution is 5.84. The number of hydrogen-bond acceptors (Lipinski definition) is 6. The Morgan fingerprint density at radius 1 is 0.833 bits per heavy atom. The zero-order valence-electron chi connectivity index (χ0n) is 17.9. The van der Waals surface area contributed by atoms with E-state index in [9.17, 15) is 9.90 Å². The summed E-state index contributed by atoms with van der Waals surface area (Å²) in [6, 6.07) is 8.69. The van der Waals surface area contributed by atoms with E-state index in [1.165, 1.54) is 28.4 Å². The lowest BCUT2D eigenvalue weighted by Gasteiger charge is -2.18. The van der Waals surface area contributed by atoms with E-state index in [0.717, 1.165) is 28.7 Å². The molecule has 0 saturated carbocycles. The van der Waals surface area contributed by atoms with Crippen LogP contribution in [0.2, 0.25) is 0 Å². The second-order valence-electron chi connectivity index (χ2n) is 6.71. The number of carbonyl (C=O) groups is 1. The predicted octanol–water partition coefficient (Wildman–Crippen LogP) is 4.31. The van der Waals surface area contributed by atoms with Crippen molar-refractivity contribution in [2.45, 2.75) is 13.8 Å². The summed E-state index contributed by atoms with van der Waals surface area (Å²) in [6.45, 7) is 3.83. The lowest BCUT2D eigenvalue weighted by Crippen LogP contribution is -2.05. The summed E-state index contributed by atoms with van der Waals surface area (Å²) in [7, 11) is 6.10. The van der Waals surface area contributed by atoms with E-state index in [1.54, 1.807) is 24.3 Å². The molecule has 0 fully saturated rings. The molecule has 1 aromatic heterocycles. The standard InChI is InChI=1S/C23H25NO6/c1-13-14(2)22(15-7-8-19(27-3)18(26)9-15)24(17(13)12-25)16-10-20(28-4)23(30-6)21(11-16)29-5/h7-12,26H,1-6H3. The quantitative estimate of drug-likeness (QED) is 0.584. The SMILES string of the molecule is COc1ccc(-c2c(C)c(C)c(C=O)n2-c2cc(OC)c(OC)c(OC)c2)cc1O. The number of ether oxygens (including phenoxy) is 4. The minimum atomic E-state index is 0.0114. The van der Waals surface area contributed by atoms with Crippen molar-refractivity contribution in [3.05, 3.63) is 47.2 Å². The lowest BCUT2D eigenvalue weighted by molar-refractivity contribution is 0.111. The Morgan fingerprint density at radius 3 is 1.90 bits per heavy atom. The monoisotopic (exact) mass is 411 g/mol. The molecule has 30 heavy (non-hydrogen) atoms. The van der Waals surface area contributed by atoms with Crippen molar-refractivity contribution in [1.82, 2.24) is 4.57 Å². The molecule has 7 heteroatoms. The molecule has 0 aliphatic heterocycles. The van der Waals surface area contributed by atoms with Crippen molar-refractivity contribution < 1.29 is 28.8 Å². The summed E-state index contributed by atoms with van der Waals surface area (Å²) in [6.07, 6.45) is 0.818. The number of aromatic nitrogens is 1. The molecule has 7 nitrogen and oxygen atoms in total. The fourth-order valence-corrected chi connectivity index (χ4v) is 3.61. The number of phenolic OH excluding ortho intramolecular Hbond substituents is 1. The number of benzene rings is 2. The number of aromatic hydroxyl groups is 1. The zero-order valence-corrected chi connectivity index (χ0v) is 17.9. The number of rotatable bonds is 7. The number of phenols is 1. The summed E-state index contributed by atoms with van der Waals surface area (Å²) in [5.74, 6) is 1.78. The van der Waals surface area contributed by atoms with Gasteiger partial charge in [0.15, 0.2) is 29.3 Å². The van der Waals surface area contributed by atoms with E-state index in [-0.39, 0.29) is 5.75 Å². The maximum Gasteiger partial charge on any atom is 0.203 e. The Bertz CT molecular complexity index is 1070. The second kappa shape index (κ2) is 8.41. The van der Waals surface area contributed by atoms with Crippen LogP contribution in [0, 0.1) is 13.8 Å². The van der Waals surface area contributed by atoms with Gasteiger partial charge in [-0.15, -0.1) is 0 Å². The van der Waals surface area contributed by atoms with Crippen molar-refractivity contribution in [2.24, 2.45) is 0 Å². The van der Waals surface area contributed by atoms with Crippen molar-refractivity contribution in [3.8, 4) is 45.7 Å². The maximum atomic E-state index is 12.0. The third-order valence-corrected chi connectivity index (χ3v) is 5.24. The molecule has 158 valence electrons. The van der Waals surface area contributed by atoms with E-state index >= 15 is 0 Å². The van der Waals surface area contributed by atoms with Gasteiger partial charge in [-0.05, 0) is 43.2 Å². The Labute approximate surface area is 175 Å². The summed E-state index contributed by atoms with van der Waals surface area (Å²) in [4.78, 5) is 12.0. The zero-order chi connectivity index (χ0) is 22.0. The van der Waals surface area contributed by atoms with E-state index in [0.29, 0.717) is 34.4 Å². The molecule has 0 aliphatic carbocycles. The lowest BCUT2D eigenvalue weighted by atomic mass is 10.1. The van der Waals surface area contributed by atoms with Gasteiger partial charge in [-0.25, -0.2) is 0 Å². The molecule has 3 rings (SSSR count). The van der Waals surface area contributed by atoms with Crippen LogP contribution in [0.4, 0.5) is 0 Å². The highest BCUT2D eigenvalue weighted by Gasteiger charge is 2.23. The summed E-state index contributed by atoms with van der Waals surface area (Å²) in [5, 5.41) is 10.3. The number of aldehydes is 1. The number of methoxy groups -OCH3 is 4. The minimum Gasteiger partial charge on any atom is -0.504 e. The molecule has 0 bridgehead atoms. The van der Waals surface area contributed by atoms with Crippen molar-refractivity contribution in [2.75, 3.05) is 28.4 Å². The third kappa shape index (κ3) is 3.32. The number of hydrogen-bond donors (Lipinski definition) is 1. The van der Waals surface area contributed by atoms with Crippen LogP contribution >= 0.6 is 0 Å². The van der Waals surface area contributed by atoms with E-state index in [1.807, 2.05) is 24.5 Å². The van der Waals surface area contributed by atoms with Crippen LogP contribution in [0.15, 0.2) is 30.3 Å². The highest BCUT2D eigenvalue weighted by atomic mass is 16.5. The maximum absolute atomic E-state index is 12.0. The van der Waals surface area contributed by atoms with Gasteiger partial charge in [-0.3, -0.25) is 4.79 Å². The molecule has 0 unspecified atom stereocenters. The predicted molar refractivity (Wildman–Crippen MR) is 114 cm³/mol. The molecule has 0 aliphatic rings. The van der Waals surface area contributed by atoms with Gasteiger partial charge in [0.05, 0.1) is 45.5 Å². The molecule has 3 aromatic rings. The Hall–Kier alpha value is -3.61. The van der Waals surface area contributed by atoms with Crippen LogP contribution in [-0.4, -0.2) is 44.4 Å². The highest BCUT2D eigenvalue weighted by Crippen LogP contribution is 2.42. The Morgan fingerprint density at radius 2 is 1.43 bits per heavy atom. The van der Waals surface area contributed by atoms with Gasteiger partial charge < -0.3 is 28.6 Å². The first-order valence-corrected chi connectivity index (χ1v) is 9.26. The van der Waals surface area contributed by atoms with Crippen LogP contribution in [0.1, 0.15) is 21.6 Å². The van der Waals surface area contributed by atoms with Gasteiger partial charge in [-0.1, -0.05) is 0 Å². The van der Waals surface area contributed by atoms with Gasteiger partial charge in [-0.2, -0.15) is 0 Å². The molecule has 2 aromatic carbocycles. The first-order valence-electron chi connectivity index (χ1n) is 9.26. The Balaban J connectivity index is 2.37. The van der Waals surface area contributed by atoms with Crippen LogP contribution in [0.25, 0.3) is 16.9 Å². The van der Waals surface area contributed by atoms with Gasteiger partial charge >= 0.3 is 0 Å². The first kappa shape index (κ1) is 21.1. The van der Waals surface area contributed by atoms with E-state index in [4.69, 9.17) is 18.9 Å². The fourth-order valence-electron chi connectivity index (χ4n) is 3.61. The minimum absolute atomic E-state index is 0.0114. The van der Waals surface area contributed by atoms with Gasteiger partial charge in [0, 0.05) is 17.7 Å². The van der Waals surface area contributed by atoms with Crippen LogP contribution in [-0.2, 0) is 0 Å². The third-order valence-electron chi connectivity index (χ3n) is 5.24. The van der Waals surface area contributed by atoms with Crippen LogP contribution in [0.3, 0.4) is 0 Å². The van der Waals surface area contributed by atoms with Gasteiger partial charge in [0.2, 0.25) is 5.75 Å². The average molecular weight is 411 g/mol. The van der Waals surface area contributed by atoms with Crippen LogP contribution < -0.4 is 18.9 Å². The summed E-state index contributed by atoms with van der Waals surface area (Å²) in [5.41, 5.74) is 4.40. The van der Waals surface area contributed by atoms with Crippen molar-refractivity contribution in [3.63, 3.8) is 0 Å². The van der Waals surface area contributed by atoms with Crippen molar-refractivity contribution in [1.29, 1.82) is 0 Å². The number of nitrogens with zero attached hydrogens (tertiary/aromatic N) is 1. The number of carbonyl (C=O) groups excluding carboxylic acids is 1. The largest absolute Gasteiger partial charge is 0.504 e. The Kier molecular flexibility index (Phi) is 5.91. The van der Waals surface area contributed by atoms with Crippen molar-refractivity contribution >= 4 is 6.29 Å². The normalized spacial score (nSPS) is 10.6. The molecule has 0 atom stereocenters. The first-order chi connectivity index (χ1) is 14.4. The second-order valence-corrected chi connectivity index (χ2v) is 6.71. The molecule has 1 heterocycles. The summed E-state index contributed by atoms with van der Waals surface area (Å²) < 4.78 is 23.4. The molecule has 0 saturated heterocycles. The molecular weight excluding hydrogens is 386 g/mol. The van der Waals surface area contributed by atoms with E-state index in [2.05, 4.69) is 0 Å². The molecule has 0 amide bonds. The summed E-state index contributed by atoms with van der Waals surface area (Å²) >= 11 is 0. The molecule has 0 radical (unpaired) electrons. The molecular formula is C23H25NO6. The average Bonchev–Trinajstić information content (AvgIpc) is 3.02. The van der Waals surface area contributed by atoms with E-state index < -0.39 is 0 Å². The molecule has 0 spiro atoms. The van der Waals surface area contributed by atoms with Gasteiger partial charge in [0.1, 0.15) is 0 Å². The fraction of sp³-hybridized carbons (Fsp3) is 0.261. The molecule has 1 N–H and O–H groups in total.